The van der Waals surface area contributed by atoms with Crippen molar-refractivity contribution in [3.05, 3.63) is 77.7 Å². The summed E-state index contributed by atoms with van der Waals surface area (Å²) in [6.07, 6.45) is 6.18. The van der Waals surface area contributed by atoms with Crippen molar-refractivity contribution in [2.45, 2.75) is 25.5 Å². The molecule has 0 unspecified atom stereocenters. The van der Waals surface area contributed by atoms with Crippen LogP contribution in [0.1, 0.15) is 23.1 Å². The maximum absolute atomic E-state index is 11.1. The molecule has 4 rings (SSSR count). The Bertz CT molecular complexity index is 882. The number of aryl methyl sites for hydroxylation is 1. The zero-order valence-corrected chi connectivity index (χ0v) is 14.8. The van der Waals surface area contributed by atoms with Crippen LogP contribution < -0.4 is 0 Å². The van der Waals surface area contributed by atoms with Crippen molar-refractivity contribution in [2.75, 3.05) is 13.1 Å². The van der Waals surface area contributed by atoms with E-state index in [1.165, 1.54) is 0 Å². The van der Waals surface area contributed by atoms with E-state index in [0.29, 0.717) is 12.4 Å². The van der Waals surface area contributed by atoms with E-state index < -0.39 is 5.60 Å². The van der Waals surface area contributed by atoms with Gasteiger partial charge in [0.25, 0.3) is 0 Å². The number of β-amino-alcohol motifs (C(OH)–C–C–N with tert-alkyl or cyclic N) is 1. The van der Waals surface area contributed by atoms with Crippen molar-refractivity contribution < 1.29 is 5.11 Å². The zero-order chi connectivity index (χ0) is 18.0. The van der Waals surface area contributed by atoms with Crippen molar-refractivity contribution in [2.24, 2.45) is 0 Å². The molecule has 0 bridgehead atoms. The van der Waals surface area contributed by atoms with E-state index >= 15 is 0 Å². The molecule has 132 valence electrons. The first kappa shape index (κ1) is 16.8. The first-order valence-corrected chi connectivity index (χ1v) is 8.87. The van der Waals surface area contributed by atoms with Crippen molar-refractivity contribution in [3.63, 3.8) is 0 Å². The minimum atomic E-state index is -0.778. The summed E-state index contributed by atoms with van der Waals surface area (Å²) in [5, 5.41) is 11.1. The normalized spacial score (nSPS) is 20.4. The molecule has 1 atom stereocenters. The average Bonchev–Trinajstić information content (AvgIpc) is 3.05. The molecule has 0 spiro atoms. The van der Waals surface area contributed by atoms with Crippen LogP contribution in [0.3, 0.4) is 0 Å². The SMILES string of the molecule is Cc1ccccc1[C@@]1(O)CCN(Cc2cnc(-c3ccccn3)nc2)C1. The molecule has 2 aromatic heterocycles. The van der Waals surface area contributed by atoms with E-state index in [1.54, 1.807) is 6.20 Å². The summed E-state index contributed by atoms with van der Waals surface area (Å²) in [5.41, 5.74) is 3.21. The van der Waals surface area contributed by atoms with Crippen LogP contribution in [0.25, 0.3) is 11.5 Å². The van der Waals surface area contributed by atoms with Gasteiger partial charge in [-0.1, -0.05) is 30.3 Å². The van der Waals surface area contributed by atoms with Gasteiger partial charge in [0.05, 0.1) is 0 Å². The van der Waals surface area contributed by atoms with Crippen LogP contribution in [-0.2, 0) is 12.1 Å². The average molecular weight is 346 g/mol. The van der Waals surface area contributed by atoms with Gasteiger partial charge in [-0.05, 0) is 36.6 Å². The molecule has 0 aliphatic carbocycles. The molecule has 0 saturated carbocycles. The third-order valence-corrected chi connectivity index (χ3v) is 4.98. The second kappa shape index (κ2) is 6.94. The Morgan fingerprint density at radius 1 is 1.04 bits per heavy atom. The predicted molar refractivity (Wildman–Crippen MR) is 100 cm³/mol. The lowest BCUT2D eigenvalue weighted by atomic mass is 9.89. The highest BCUT2D eigenvalue weighted by atomic mass is 16.3. The molecule has 5 nitrogen and oxygen atoms in total. The second-order valence-electron chi connectivity index (χ2n) is 6.94. The highest BCUT2D eigenvalue weighted by Crippen LogP contribution is 2.34. The standard InChI is InChI=1S/C21H22N4O/c1-16-6-2-3-7-18(16)21(26)9-11-25(15-21)14-17-12-23-20(24-13-17)19-8-4-5-10-22-19/h2-8,10,12-13,26H,9,11,14-15H2,1H3/t21-/m1/s1. The van der Waals surface area contributed by atoms with E-state index in [9.17, 15) is 5.11 Å². The molecule has 0 radical (unpaired) electrons. The second-order valence-corrected chi connectivity index (χ2v) is 6.94. The maximum Gasteiger partial charge on any atom is 0.178 e. The van der Waals surface area contributed by atoms with Gasteiger partial charge >= 0.3 is 0 Å². The molecule has 3 heterocycles. The molecule has 1 aliphatic heterocycles. The number of nitrogens with zero attached hydrogens (tertiary/aromatic N) is 4. The van der Waals surface area contributed by atoms with Gasteiger partial charge in [-0.25, -0.2) is 9.97 Å². The van der Waals surface area contributed by atoms with Crippen LogP contribution in [-0.4, -0.2) is 38.0 Å². The number of pyridine rings is 1. The Kier molecular flexibility index (Phi) is 4.49. The Hall–Kier alpha value is -2.63. The van der Waals surface area contributed by atoms with Gasteiger partial charge in [0, 0.05) is 43.8 Å². The molecule has 3 aromatic rings. The van der Waals surface area contributed by atoms with E-state index in [0.717, 1.165) is 41.9 Å². The predicted octanol–water partition coefficient (Wildman–Crippen LogP) is 2.94. The molecule has 1 saturated heterocycles. The fourth-order valence-corrected chi connectivity index (χ4v) is 3.64. The molecule has 1 fully saturated rings. The van der Waals surface area contributed by atoms with E-state index in [4.69, 9.17) is 0 Å². The van der Waals surface area contributed by atoms with Crippen molar-refractivity contribution in [1.82, 2.24) is 19.9 Å². The monoisotopic (exact) mass is 346 g/mol. The molecule has 5 heteroatoms. The third-order valence-electron chi connectivity index (χ3n) is 4.98. The molecular weight excluding hydrogens is 324 g/mol. The lowest BCUT2D eigenvalue weighted by molar-refractivity contribution is 0.0446. The summed E-state index contributed by atoms with van der Waals surface area (Å²) >= 11 is 0. The highest BCUT2D eigenvalue weighted by molar-refractivity contribution is 5.47. The van der Waals surface area contributed by atoms with Gasteiger partial charge in [0.15, 0.2) is 5.82 Å². The lowest BCUT2D eigenvalue weighted by Crippen LogP contribution is -2.31. The lowest BCUT2D eigenvalue weighted by Gasteiger charge is -2.25. The molecule has 26 heavy (non-hydrogen) atoms. The summed E-state index contributed by atoms with van der Waals surface area (Å²) in [6.45, 7) is 4.27. The fourth-order valence-electron chi connectivity index (χ4n) is 3.64. The Morgan fingerprint density at radius 2 is 1.81 bits per heavy atom. The zero-order valence-electron chi connectivity index (χ0n) is 14.8. The van der Waals surface area contributed by atoms with Crippen LogP contribution in [0, 0.1) is 6.92 Å². The summed E-state index contributed by atoms with van der Waals surface area (Å²) in [7, 11) is 0. The highest BCUT2D eigenvalue weighted by Gasteiger charge is 2.38. The Balaban J connectivity index is 1.45. The number of hydrogen-bond acceptors (Lipinski definition) is 5. The fraction of sp³-hybridized carbons (Fsp3) is 0.286. The van der Waals surface area contributed by atoms with E-state index in [2.05, 4.69) is 32.8 Å². The van der Waals surface area contributed by atoms with Gasteiger partial charge in [0.1, 0.15) is 11.3 Å². The van der Waals surface area contributed by atoms with Crippen LogP contribution in [0.4, 0.5) is 0 Å². The van der Waals surface area contributed by atoms with Crippen LogP contribution in [0.15, 0.2) is 61.1 Å². The summed E-state index contributed by atoms with van der Waals surface area (Å²) in [4.78, 5) is 15.4. The maximum atomic E-state index is 11.1. The first-order valence-electron chi connectivity index (χ1n) is 8.87. The van der Waals surface area contributed by atoms with Gasteiger partial charge in [0.2, 0.25) is 0 Å². The molecular formula is C21H22N4O. The summed E-state index contributed by atoms with van der Waals surface area (Å²) in [6, 6.07) is 13.8. The quantitative estimate of drug-likeness (QED) is 0.787. The molecule has 1 aromatic carbocycles. The van der Waals surface area contributed by atoms with Gasteiger partial charge in [-0.15, -0.1) is 0 Å². The van der Waals surface area contributed by atoms with Crippen LogP contribution in [0.5, 0.6) is 0 Å². The number of aromatic nitrogens is 3. The largest absolute Gasteiger partial charge is 0.384 e. The minimum absolute atomic E-state index is 0.625. The number of likely N-dealkylation sites (tertiary alicyclic amines) is 1. The summed E-state index contributed by atoms with van der Waals surface area (Å²) in [5.74, 6) is 0.632. The summed E-state index contributed by atoms with van der Waals surface area (Å²) < 4.78 is 0. The number of benzene rings is 1. The van der Waals surface area contributed by atoms with E-state index in [-0.39, 0.29) is 0 Å². The van der Waals surface area contributed by atoms with Gasteiger partial charge < -0.3 is 5.11 Å². The van der Waals surface area contributed by atoms with Gasteiger partial charge in [-0.2, -0.15) is 0 Å². The molecule has 0 amide bonds. The van der Waals surface area contributed by atoms with Crippen LogP contribution >= 0.6 is 0 Å². The number of aliphatic hydroxyl groups is 1. The van der Waals surface area contributed by atoms with E-state index in [1.807, 2.05) is 48.8 Å². The first-order chi connectivity index (χ1) is 12.6. The van der Waals surface area contributed by atoms with Crippen molar-refractivity contribution in [3.8, 4) is 11.5 Å². The smallest absolute Gasteiger partial charge is 0.178 e. The Morgan fingerprint density at radius 3 is 2.54 bits per heavy atom. The molecule has 1 aliphatic rings. The van der Waals surface area contributed by atoms with Gasteiger partial charge in [-0.3, -0.25) is 9.88 Å². The Labute approximate surface area is 153 Å². The number of rotatable bonds is 4. The topological polar surface area (TPSA) is 62.1 Å². The van der Waals surface area contributed by atoms with Crippen LogP contribution in [0.2, 0.25) is 0 Å². The third kappa shape index (κ3) is 3.36. The minimum Gasteiger partial charge on any atom is -0.384 e. The van der Waals surface area contributed by atoms with Crippen molar-refractivity contribution >= 4 is 0 Å². The molecule has 1 N–H and O–H groups in total. The number of hydrogen-bond donors (Lipinski definition) is 1. The van der Waals surface area contributed by atoms with Crippen molar-refractivity contribution in [1.29, 1.82) is 0 Å².